The summed E-state index contributed by atoms with van der Waals surface area (Å²) in [5.41, 5.74) is 8.10. The number of amides is 1. The molecule has 98 valence electrons. The van der Waals surface area contributed by atoms with Gasteiger partial charge in [-0.2, -0.15) is 0 Å². The standard InChI is InChI=1S/C14H21N3O/c1-9-6-10(9)8-17(3)13-7-11(15)4-5-12(13)14(18)16-2/h4-5,7,9-10H,6,8,15H2,1-3H3,(H,16,18). The molecule has 1 amide bonds. The van der Waals surface area contributed by atoms with Crippen LogP contribution in [0, 0.1) is 11.8 Å². The fourth-order valence-corrected chi connectivity index (χ4v) is 2.29. The predicted octanol–water partition coefficient (Wildman–Crippen LogP) is 1.72. The van der Waals surface area contributed by atoms with E-state index in [-0.39, 0.29) is 5.91 Å². The van der Waals surface area contributed by atoms with Crippen LogP contribution < -0.4 is 16.0 Å². The molecule has 2 unspecified atom stereocenters. The number of anilines is 2. The van der Waals surface area contributed by atoms with E-state index >= 15 is 0 Å². The maximum Gasteiger partial charge on any atom is 0.253 e. The van der Waals surface area contributed by atoms with Crippen molar-refractivity contribution >= 4 is 17.3 Å². The van der Waals surface area contributed by atoms with Crippen LogP contribution in [0.4, 0.5) is 11.4 Å². The fraction of sp³-hybridized carbons (Fsp3) is 0.500. The molecule has 4 nitrogen and oxygen atoms in total. The first kappa shape index (κ1) is 12.7. The molecule has 18 heavy (non-hydrogen) atoms. The van der Waals surface area contributed by atoms with E-state index in [2.05, 4.69) is 17.1 Å². The van der Waals surface area contributed by atoms with Crippen LogP contribution >= 0.6 is 0 Å². The fourth-order valence-electron chi connectivity index (χ4n) is 2.29. The Bertz CT molecular complexity index is 458. The first-order valence-corrected chi connectivity index (χ1v) is 6.35. The van der Waals surface area contributed by atoms with Crippen LogP contribution in [0.3, 0.4) is 0 Å². The lowest BCUT2D eigenvalue weighted by Crippen LogP contribution is -2.26. The van der Waals surface area contributed by atoms with E-state index < -0.39 is 0 Å². The number of nitrogens with zero attached hydrogens (tertiary/aromatic N) is 1. The maximum absolute atomic E-state index is 11.8. The van der Waals surface area contributed by atoms with Crippen molar-refractivity contribution in [1.29, 1.82) is 0 Å². The van der Waals surface area contributed by atoms with E-state index in [4.69, 9.17) is 5.73 Å². The Hall–Kier alpha value is -1.71. The second-order valence-electron chi connectivity index (χ2n) is 5.21. The average Bonchev–Trinajstić information content (AvgIpc) is 3.03. The molecule has 1 aromatic rings. The third-order valence-electron chi connectivity index (χ3n) is 3.69. The number of nitrogens with two attached hydrogens (primary N) is 1. The van der Waals surface area contributed by atoms with Crippen molar-refractivity contribution in [3.8, 4) is 0 Å². The highest BCUT2D eigenvalue weighted by atomic mass is 16.1. The highest BCUT2D eigenvalue weighted by Crippen LogP contribution is 2.39. The van der Waals surface area contributed by atoms with E-state index in [0.29, 0.717) is 11.3 Å². The van der Waals surface area contributed by atoms with Gasteiger partial charge in [-0.25, -0.2) is 0 Å². The minimum atomic E-state index is -0.0688. The summed E-state index contributed by atoms with van der Waals surface area (Å²) >= 11 is 0. The number of carbonyl (C=O) groups excluding carboxylic acids is 1. The molecule has 3 N–H and O–H groups in total. The highest BCUT2D eigenvalue weighted by Gasteiger charge is 2.33. The van der Waals surface area contributed by atoms with Crippen molar-refractivity contribution in [3.05, 3.63) is 23.8 Å². The number of carbonyl (C=O) groups is 1. The smallest absolute Gasteiger partial charge is 0.253 e. The van der Waals surface area contributed by atoms with Crippen LogP contribution in [-0.2, 0) is 0 Å². The molecule has 0 aromatic heterocycles. The molecular formula is C14H21N3O. The summed E-state index contributed by atoms with van der Waals surface area (Å²) in [6, 6.07) is 5.43. The lowest BCUT2D eigenvalue weighted by atomic mass is 10.1. The highest BCUT2D eigenvalue weighted by molar-refractivity contribution is 6.00. The van der Waals surface area contributed by atoms with Gasteiger partial charge in [0, 0.05) is 26.3 Å². The SMILES string of the molecule is CNC(=O)c1ccc(N)cc1N(C)CC1CC1C. The molecule has 1 aliphatic rings. The molecule has 1 fully saturated rings. The van der Waals surface area contributed by atoms with Gasteiger partial charge in [-0.15, -0.1) is 0 Å². The second kappa shape index (κ2) is 4.88. The van der Waals surface area contributed by atoms with E-state index in [1.54, 1.807) is 19.2 Å². The van der Waals surface area contributed by atoms with Crippen LogP contribution in [-0.4, -0.2) is 26.5 Å². The normalized spacial score (nSPS) is 21.5. The summed E-state index contributed by atoms with van der Waals surface area (Å²) < 4.78 is 0. The lowest BCUT2D eigenvalue weighted by Gasteiger charge is -2.22. The van der Waals surface area contributed by atoms with Crippen molar-refractivity contribution in [3.63, 3.8) is 0 Å². The number of rotatable bonds is 4. The van der Waals surface area contributed by atoms with Crippen LogP contribution in [0.1, 0.15) is 23.7 Å². The summed E-state index contributed by atoms with van der Waals surface area (Å²) in [6.45, 7) is 3.24. The van der Waals surface area contributed by atoms with E-state index in [1.807, 2.05) is 13.1 Å². The molecule has 2 atom stereocenters. The zero-order valence-corrected chi connectivity index (χ0v) is 11.2. The van der Waals surface area contributed by atoms with Gasteiger partial charge < -0.3 is 16.0 Å². The third-order valence-corrected chi connectivity index (χ3v) is 3.69. The number of hydrogen-bond acceptors (Lipinski definition) is 3. The summed E-state index contributed by atoms with van der Waals surface area (Å²) in [5.74, 6) is 1.48. The predicted molar refractivity (Wildman–Crippen MR) is 74.8 cm³/mol. The molecule has 0 aliphatic heterocycles. The summed E-state index contributed by atoms with van der Waals surface area (Å²) in [7, 11) is 3.66. The third kappa shape index (κ3) is 2.58. The number of benzene rings is 1. The molecule has 1 aromatic carbocycles. The monoisotopic (exact) mass is 247 g/mol. The van der Waals surface area contributed by atoms with Crippen molar-refractivity contribution in [2.24, 2.45) is 11.8 Å². The van der Waals surface area contributed by atoms with Crippen molar-refractivity contribution < 1.29 is 4.79 Å². The Morgan fingerprint density at radius 1 is 1.56 bits per heavy atom. The van der Waals surface area contributed by atoms with Gasteiger partial charge in [-0.3, -0.25) is 4.79 Å². The molecule has 0 heterocycles. The number of nitrogens with one attached hydrogen (secondary N) is 1. The minimum absolute atomic E-state index is 0.0688. The van der Waals surface area contributed by atoms with Gasteiger partial charge in [0.2, 0.25) is 0 Å². The molecule has 0 saturated heterocycles. The Morgan fingerprint density at radius 3 is 2.78 bits per heavy atom. The van der Waals surface area contributed by atoms with Crippen LogP contribution in [0.2, 0.25) is 0 Å². The zero-order valence-electron chi connectivity index (χ0n) is 11.2. The van der Waals surface area contributed by atoms with Crippen LogP contribution in [0.15, 0.2) is 18.2 Å². The quantitative estimate of drug-likeness (QED) is 0.796. The molecular weight excluding hydrogens is 226 g/mol. The first-order chi connectivity index (χ1) is 8.52. The van der Waals surface area contributed by atoms with Crippen molar-refractivity contribution in [2.45, 2.75) is 13.3 Å². The first-order valence-electron chi connectivity index (χ1n) is 6.35. The Kier molecular flexibility index (Phi) is 3.45. The molecule has 0 radical (unpaired) electrons. The van der Waals surface area contributed by atoms with E-state index in [1.165, 1.54) is 6.42 Å². The van der Waals surface area contributed by atoms with Gasteiger partial charge in [0.05, 0.1) is 11.3 Å². The molecule has 4 heteroatoms. The van der Waals surface area contributed by atoms with Crippen molar-refractivity contribution in [1.82, 2.24) is 5.32 Å². The van der Waals surface area contributed by atoms with E-state index in [9.17, 15) is 4.79 Å². The van der Waals surface area contributed by atoms with Crippen molar-refractivity contribution in [2.75, 3.05) is 31.3 Å². The van der Waals surface area contributed by atoms with Gasteiger partial charge >= 0.3 is 0 Å². The Morgan fingerprint density at radius 2 is 2.22 bits per heavy atom. The topological polar surface area (TPSA) is 58.4 Å². The molecule has 1 aliphatic carbocycles. The van der Waals surface area contributed by atoms with Crippen LogP contribution in [0.5, 0.6) is 0 Å². The van der Waals surface area contributed by atoms with Gasteiger partial charge in [-0.05, 0) is 36.5 Å². The van der Waals surface area contributed by atoms with Gasteiger partial charge in [-0.1, -0.05) is 6.92 Å². The molecule has 0 spiro atoms. The molecule has 0 bridgehead atoms. The second-order valence-corrected chi connectivity index (χ2v) is 5.21. The zero-order chi connectivity index (χ0) is 13.3. The summed E-state index contributed by atoms with van der Waals surface area (Å²) in [6.07, 6.45) is 1.28. The van der Waals surface area contributed by atoms with Gasteiger partial charge in [0.1, 0.15) is 0 Å². The number of nitrogen functional groups attached to an aromatic ring is 1. The molecule has 2 rings (SSSR count). The minimum Gasteiger partial charge on any atom is -0.399 e. The summed E-state index contributed by atoms with van der Waals surface area (Å²) in [4.78, 5) is 14.0. The molecule has 1 saturated carbocycles. The maximum atomic E-state index is 11.8. The van der Waals surface area contributed by atoms with Gasteiger partial charge in [0.15, 0.2) is 0 Å². The Balaban J connectivity index is 2.23. The Labute approximate surface area is 108 Å². The average molecular weight is 247 g/mol. The van der Waals surface area contributed by atoms with Crippen LogP contribution in [0.25, 0.3) is 0 Å². The van der Waals surface area contributed by atoms with E-state index in [0.717, 1.165) is 24.1 Å². The largest absolute Gasteiger partial charge is 0.399 e. The number of hydrogen-bond donors (Lipinski definition) is 2. The summed E-state index contributed by atoms with van der Waals surface area (Å²) in [5, 5.41) is 2.67. The van der Waals surface area contributed by atoms with Gasteiger partial charge in [0.25, 0.3) is 5.91 Å². The lowest BCUT2D eigenvalue weighted by molar-refractivity contribution is 0.0963.